The molecule has 3 aromatic rings. The number of hydrogen-bond donors (Lipinski definition) is 1. The van der Waals surface area contributed by atoms with E-state index in [4.69, 9.17) is 4.74 Å². The molecule has 0 atom stereocenters. The maximum absolute atomic E-state index is 12.9. The van der Waals surface area contributed by atoms with Gasteiger partial charge in [-0.15, -0.1) is 0 Å². The highest BCUT2D eigenvalue weighted by molar-refractivity contribution is 7.92. The zero-order valence-corrected chi connectivity index (χ0v) is 17.9. The average molecular weight is 425 g/mol. The Bertz CT molecular complexity index is 1110. The largest absolute Gasteiger partial charge is 0.497 e. The van der Waals surface area contributed by atoms with Gasteiger partial charge in [-0.2, -0.15) is 0 Å². The fourth-order valence-electron chi connectivity index (χ4n) is 2.89. The van der Waals surface area contributed by atoms with Crippen molar-refractivity contribution < 1.29 is 17.9 Å². The van der Waals surface area contributed by atoms with Crippen LogP contribution in [0.15, 0.2) is 77.7 Å². The van der Waals surface area contributed by atoms with E-state index < -0.39 is 10.0 Å². The average Bonchev–Trinajstić information content (AvgIpc) is 2.79. The van der Waals surface area contributed by atoms with Gasteiger partial charge < -0.3 is 10.1 Å². The Morgan fingerprint density at radius 2 is 1.53 bits per heavy atom. The van der Waals surface area contributed by atoms with E-state index in [1.165, 1.54) is 36.2 Å². The van der Waals surface area contributed by atoms with Crippen LogP contribution < -0.4 is 14.4 Å². The van der Waals surface area contributed by atoms with Crippen LogP contribution in [0.25, 0.3) is 0 Å². The Balaban J connectivity index is 1.73. The Hall–Kier alpha value is -3.32. The Labute approximate surface area is 177 Å². The third-order valence-corrected chi connectivity index (χ3v) is 6.63. The van der Waals surface area contributed by atoms with E-state index >= 15 is 0 Å². The molecule has 0 unspecified atom stereocenters. The standard InChI is InChI=1S/C23H24N2O4S/c1-4-17-5-9-19(10-6-17)24-23(26)18-7-11-20(12-8-18)25(2)30(27,28)22-15-13-21(29-3)14-16-22/h5-16H,4H2,1-3H3,(H,24,26). The molecule has 0 aliphatic rings. The lowest BCUT2D eigenvalue weighted by Crippen LogP contribution is -2.26. The van der Waals surface area contributed by atoms with Gasteiger partial charge in [0, 0.05) is 18.3 Å². The predicted octanol–water partition coefficient (Wildman–Crippen LogP) is 4.34. The summed E-state index contributed by atoms with van der Waals surface area (Å²) in [5.74, 6) is 0.322. The molecule has 0 saturated heterocycles. The first-order valence-corrected chi connectivity index (χ1v) is 10.9. The minimum Gasteiger partial charge on any atom is -0.497 e. The lowest BCUT2D eigenvalue weighted by Gasteiger charge is -2.20. The van der Waals surface area contributed by atoms with Crippen molar-refractivity contribution >= 4 is 27.3 Å². The third kappa shape index (κ3) is 4.63. The van der Waals surface area contributed by atoms with E-state index in [1.54, 1.807) is 36.4 Å². The molecule has 0 heterocycles. The second-order valence-corrected chi connectivity index (χ2v) is 8.67. The van der Waals surface area contributed by atoms with Crippen LogP contribution in [-0.2, 0) is 16.4 Å². The van der Waals surface area contributed by atoms with Crippen LogP contribution in [0.1, 0.15) is 22.8 Å². The van der Waals surface area contributed by atoms with E-state index in [1.807, 2.05) is 24.3 Å². The number of aryl methyl sites for hydroxylation is 1. The van der Waals surface area contributed by atoms with Crippen LogP contribution in [0.2, 0.25) is 0 Å². The summed E-state index contributed by atoms with van der Waals surface area (Å²) >= 11 is 0. The Morgan fingerprint density at radius 3 is 2.07 bits per heavy atom. The number of sulfonamides is 1. The normalized spacial score (nSPS) is 11.0. The number of ether oxygens (including phenoxy) is 1. The van der Waals surface area contributed by atoms with E-state index in [0.29, 0.717) is 22.7 Å². The van der Waals surface area contributed by atoms with E-state index in [2.05, 4.69) is 12.2 Å². The highest BCUT2D eigenvalue weighted by Crippen LogP contribution is 2.24. The summed E-state index contributed by atoms with van der Waals surface area (Å²) in [5, 5.41) is 2.84. The van der Waals surface area contributed by atoms with Gasteiger partial charge in [0.25, 0.3) is 15.9 Å². The maximum atomic E-state index is 12.9. The molecule has 1 amide bonds. The van der Waals surface area contributed by atoms with Crippen LogP contribution in [0, 0.1) is 0 Å². The first kappa shape index (κ1) is 21.4. The molecule has 3 aromatic carbocycles. The molecule has 0 aliphatic carbocycles. The van der Waals surface area contributed by atoms with E-state index in [-0.39, 0.29) is 10.8 Å². The molecule has 0 spiro atoms. The number of amides is 1. The molecule has 30 heavy (non-hydrogen) atoms. The predicted molar refractivity (Wildman–Crippen MR) is 119 cm³/mol. The Kier molecular flexibility index (Phi) is 6.42. The van der Waals surface area contributed by atoms with Crippen LogP contribution >= 0.6 is 0 Å². The quantitative estimate of drug-likeness (QED) is 0.612. The van der Waals surface area contributed by atoms with Crippen LogP contribution in [0.5, 0.6) is 5.75 Å². The Morgan fingerprint density at radius 1 is 0.933 bits per heavy atom. The summed E-state index contributed by atoms with van der Waals surface area (Å²) in [4.78, 5) is 12.6. The molecule has 156 valence electrons. The van der Waals surface area contributed by atoms with Crippen molar-refractivity contribution in [2.45, 2.75) is 18.2 Å². The highest BCUT2D eigenvalue weighted by Gasteiger charge is 2.21. The van der Waals surface area contributed by atoms with Gasteiger partial charge >= 0.3 is 0 Å². The van der Waals surface area contributed by atoms with Crippen molar-refractivity contribution in [2.24, 2.45) is 0 Å². The number of benzene rings is 3. The number of hydrogen-bond acceptors (Lipinski definition) is 4. The van der Waals surface area contributed by atoms with Crippen LogP contribution in [0.4, 0.5) is 11.4 Å². The zero-order chi connectivity index (χ0) is 21.7. The van der Waals surface area contributed by atoms with Crippen molar-refractivity contribution in [2.75, 3.05) is 23.8 Å². The SMILES string of the molecule is CCc1ccc(NC(=O)c2ccc(N(C)S(=O)(=O)c3ccc(OC)cc3)cc2)cc1. The zero-order valence-electron chi connectivity index (χ0n) is 17.1. The lowest BCUT2D eigenvalue weighted by molar-refractivity contribution is 0.102. The summed E-state index contributed by atoms with van der Waals surface area (Å²) < 4.78 is 32.0. The monoisotopic (exact) mass is 424 g/mol. The topological polar surface area (TPSA) is 75.7 Å². The minimum atomic E-state index is -3.73. The van der Waals surface area contributed by atoms with E-state index in [9.17, 15) is 13.2 Å². The van der Waals surface area contributed by atoms with E-state index in [0.717, 1.165) is 6.42 Å². The summed E-state index contributed by atoms with van der Waals surface area (Å²) in [6.07, 6.45) is 0.933. The third-order valence-electron chi connectivity index (χ3n) is 4.83. The molecule has 0 bridgehead atoms. The van der Waals surface area contributed by atoms with Crippen molar-refractivity contribution in [3.63, 3.8) is 0 Å². The molecule has 0 fully saturated rings. The molecule has 0 aliphatic heterocycles. The number of carbonyl (C=O) groups excluding carboxylic acids is 1. The molecule has 3 rings (SSSR count). The summed E-state index contributed by atoms with van der Waals surface area (Å²) in [6.45, 7) is 2.07. The van der Waals surface area contributed by atoms with Gasteiger partial charge in [-0.05, 0) is 72.6 Å². The minimum absolute atomic E-state index is 0.156. The molecule has 0 saturated carbocycles. The molecule has 6 nitrogen and oxygen atoms in total. The smallest absolute Gasteiger partial charge is 0.264 e. The molecular formula is C23H24N2O4S. The van der Waals surface area contributed by atoms with Gasteiger partial charge in [-0.3, -0.25) is 9.10 Å². The molecule has 0 aromatic heterocycles. The first-order valence-electron chi connectivity index (χ1n) is 9.48. The highest BCUT2D eigenvalue weighted by atomic mass is 32.2. The van der Waals surface area contributed by atoms with Gasteiger partial charge in [-0.1, -0.05) is 19.1 Å². The summed E-state index contributed by atoms with van der Waals surface area (Å²) in [5.41, 5.74) is 2.79. The maximum Gasteiger partial charge on any atom is 0.264 e. The van der Waals surface area contributed by atoms with Gasteiger partial charge in [0.1, 0.15) is 5.75 Å². The van der Waals surface area contributed by atoms with Crippen molar-refractivity contribution in [3.8, 4) is 5.75 Å². The number of carbonyl (C=O) groups is 1. The summed E-state index contributed by atoms with van der Waals surface area (Å²) in [7, 11) is -0.731. The van der Waals surface area contributed by atoms with Gasteiger partial charge in [0.05, 0.1) is 17.7 Å². The lowest BCUT2D eigenvalue weighted by atomic mass is 10.1. The number of rotatable bonds is 7. The van der Waals surface area contributed by atoms with Crippen LogP contribution in [-0.4, -0.2) is 28.5 Å². The van der Waals surface area contributed by atoms with Gasteiger partial charge in [-0.25, -0.2) is 8.42 Å². The first-order chi connectivity index (χ1) is 14.3. The fraction of sp³-hybridized carbons (Fsp3) is 0.174. The number of methoxy groups -OCH3 is 1. The van der Waals surface area contributed by atoms with Crippen LogP contribution in [0.3, 0.4) is 0 Å². The second-order valence-electron chi connectivity index (χ2n) is 6.70. The number of anilines is 2. The molecule has 1 N–H and O–H groups in total. The van der Waals surface area contributed by atoms with Crippen molar-refractivity contribution in [1.29, 1.82) is 0 Å². The molecule has 0 radical (unpaired) electrons. The summed E-state index contributed by atoms with van der Waals surface area (Å²) in [6, 6.07) is 20.3. The number of nitrogens with zero attached hydrogens (tertiary/aromatic N) is 1. The molecule has 7 heteroatoms. The number of nitrogens with one attached hydrogen (secondary N) is 1. The van der Waals surface area contributed by atoms with Crippen molar-refractivity contribution in [3.05, 3.63) is 83.9 Å². The van der Waals surface area contributed by atoms with Gasteiger partial charge in [0.2, 0.25) is 0 Å². The fourth-order valence-corrected chi connectivity index (χ4v) is 4.09. The van der Waals surface area contributed by atoms with Crippen molar-refractivity contribution in [1.82, 2.24) is 0 Å². The second kappa shape index (κ2) is 9.00. The molecular weight excluding hydrogens is 400 g/mol. The van der Waals surface area contributed by atoms with Gasteiger partial charge in [0.15, 0.2) is 0 Å².